The van der Waals surface area contributed by atoms with Crippen molar-refractivity contribution in [3.63, 3.8) is 0 Å². The largest absolute Gasteiger partial charge is 0.305 e. The van der Waals surface area contributed by atoms with Gasteiger partial charge in [-0.05, 0) is 60.7 Å². The van der Waals surface area contributed by atoms with Crippen LogP contribution in [0, 0.1) is 19.8 Å². The maximum absolute atomic E-state index is 3.84. The van der Waals surface area contributed by atoms with Crippen molar-refractivity contribution >= 4 is 11.3 Å². The third-order valence-corrected chi connectivity index (χ3v) is 5.77. The van der Waals surface area contributed by atoms with Crippen LogP contribution in [0.25, 0.3) is 0 Å². The van der Waals surface area contributed by atoms with E-state index in [1.165, 1.54) is 47.3 Å². The molecule has 3 rings (SSSR count). The number of nitrogens with one attached hydrogen (secondary N) is 1. The Labute approximate surface area is 132 Å². The molecule has 1 N–H and O–H groups in total. The Bertz CT molecular complexity index is 567. The first-order chi connectivity index (χ1) is 10.2. The molecular weight excluding hydrogens is 274 g/mol. The minimum Gasteiger partial charge on any atom is -0.305 e. The second kappa shape index (κ2) is 6.76. The second-order valence-corrected chi connectivity index (χ2v) is 7.32. The van der Waals surface area contributed by atoms with Crippen molar-refractivity contribution in [1.82, 2.24) is 5.32 Å². The molecule has 0 aliphatic heterocycles. The molecule has 0 radical (unpaired) electrons. The Hall–Kier alpha value is -1.12. The lowest BCUT2D eigenvalue weighted by Crippen LogP contribution is -2.26. The average Bonchev–Trinajstić information content (AvgIpc) is 3.16. The Morgan fingerprint density at radius 3 is 2.62 bits per heavy atom. The van der Waals surface area contributed by atoms with Gasteiger partial charge in [-0.15, -0.1) is 11.3 Å². The Morgan fingerprint density at radius 2 is 1.95 bits per heavy atom. The SMILES string of the molecule is Cc1ccc(CNC(c2cccs2)C2CCCC2)cc1C. The predicted molar refractivity (Wildman–Crippen MR) is 91.8 cm³/mol. The van der Waals surface area contributed by atoms with Crippen LogP contribution >= 0.6 is 11.3 Å². The van der Waals surface area contributed by atoms with Crippen LogP contribution in [0.4, 0.5) is 0 Å². The summed E-state index contributed by atoms with van der Waals surface area (Å²) in [5, 5.41) is 6.04. The molecule has 1 unspecified atom stereocenters. The van der Waals surface area contributed by atoms with E-state index in [1.807, 2.05) is 11.3 Å². The van der Waals surface area contributed by atoms with E-state index in [9.17, 15) is 0 Å². The van der Waals surface area contributed by atoms with Gasteiger partial charge in [-0.1, -0.05) is 37.1 Å². The van der Waals surface area contributed by atoms with Gasteiger partial charge in [-0.25, -0.2) is 0 Å². The van der Waals surface area contributed by atoms with Gasteiger partial charge in [0.05, 0.1) is 0 Å². The van der Waals surface area contributed by atoms with Crippen LogP contribution in [0.15, 0.2) is 35.7 Å². The van der Waals surface area contributed by atoms with Gasteiger partial charge in [-0.3, -0.25) is 0 Å². The van der Waals surface area contributed by atoms with E-state index >= 15 is 0 Å². The van der Waals surface area contributed by atoms with Gasteiger partial charge in [0, 0.05) is 17.5 Å². The van der Waals surface area contributed by atoms with Crippen LogP contribution in [0.3, 0.4) is 0 Å². The fourth-order valence-corrected chi connectivity index (χ4v) is 4.29. The number of hydrogen-bond donors (Lipinski definition) is 1. The average molecular weight is 299 g/mol. The van der Waals surface area contributed by atoms with E-state index in [-0.39, 0.29) is 0 Å². The predicted octanol–water partition coefficient (Wildman–Crippen LogP) is 5.39. The maximum Gasteiger partial charge on any atom is 0.0446 e. The molecule has 1 aromatic carbocycles. The van der Waals surface area contributed by atoms with Crippen LogP contribution in [-0.2, 0) is 6.54 Å². The molecule has 1 fully saturated rings. The normalized spacial score (nSPS) is 17.2. The molecular formula is C19H25NS. The van der Waals surface area contributed by atoms with E-state index in [0.29, 0.717) is 6.04 Å². The van der Waals surface area contributed by atoms with Gasteiger partial charge in [0.25, 0.3) is 0 Å². The summed E-state index contributed by atoms with van der Waals surface area (Å²) in [5.74, 6) is 0.815. The molecule has 2 aromatic rings. The molecule has 0 amide bonds. The molecule has 1 aromatic heterocycles. The Morgan fingerprint density at radius 1 is 1.14 bits per heavy atom. The van der Waals surface area contributed by atoms with Crippen molar-refractivity contribution in [1.29, 1.82) is 0 Å². The molecule has 0 bridgehead atoms. The number of rotatable bonds is 5. The first kappa shape index (κ1) is 14.8. The standard InChI is InChI=1S/C19H25NS/c1-14-9-10-16(12-15(14)2)13-20-19(17-6-3-4-7-17)18-8-5-11-21-18/h5,8-12,17,19-20H,3-4,6-7,13H2,1-2H3. The van der Waals surface area contributed by atoms with Crippen LogP contribution in [0.2, 0.25) is 0 Å². The third-order valence-electron chi connectivity index (χ3n) is 4.82. The van der Waals surface area contributed by atoms with Crippen LogP contribution in [0.1, 0.15) is 53.3 Å². The molecule has 1 aliphatic carbocycles. The van der Waals surface area contributed by atoms with Crippen LogP contribution < -0.4 is 5.32 Å². The zero-order valence-corrected chi connectivity index (χ0v) is 13.9. The summed E-state index contributed by atoms with van der Waals surface area (Å²) >= 11 is 1.90. The number of aryl methyl sites for hydroxylation is 2. The molecule has 1 nitrogen and oxygen atoms in total. The monoisotopic (exact) mass is 299 g/mol. The topological polar surface area (TPSA) is 12.0 Å². The highest BCUT2D eigenvalue weighted by molar-refractivity contribution is 7.10. The van der Waals surface area contributed by atoms with Crippen molar-refractivity contribution in [2.24, 2.45) is 5.92 Å². The van der Waals surface area contributed by atoms with Crippen LogP contribution in [0.5, 0.6) is 0 Å². The van der Waals surface area contributed by atoms with E-state index < -0.39 is 0 Å². The van der Waals surface area contributed by atoms with E-state index in [1.54, 1.807) is 0 Å². The van der Waals surface area contributed by atoms with E-state index in [4.69, 9.17) is 0 Å². The van der Waals surface area contributed by atoms with Crippen molar-refractivity contribution in [2.75, 3.05) is 0 Å². The summed E-state index contributed by atoms with van der Waals surface area (Å²) in [7, 11) is 0. The van der Waals surface area contributed by atoms with Gasteiger partial charge < -0.3 is 5.32 Å². The maximum atomic E-state index is 3.84. The lowest BCUT2D eigenvalue weighted by atomic mass is 9.96. The molecule has 1 atom stereocenters. The van der Waals surface area contributed by atoms with E-state index in [0.717, 1.165) is 12.5 Å². The number of thiophene rings is 1. The molecule has 112 valence electrons. The summed E-state index contributed by atoms with van der Waals surface area (Å²) < 4.78 is 0. The fourth-order valence-electron chi connectivity index (χ4n) is 3.40. The number of benzene rings is 1. The summed E-state index contributed by atoms with van der Waals surface area (Å²) in [6.45, 7) is 5.35. The molecule has 1 heterocycles. The highest BCUT2D eigenvalue weighted by Gasteiger charge is 2.26. The highest BCUT2D eigenvalue weighted by Crippen LogP contribution is 2.37. The number of hydrogen-bond acceptors (Lipinski definition) is 2. The Balaban J connectivity index is 1.71. The van der Waals surface area contributed by atoms with Gasteiger partial charge in [0.2, 0.25) is 0 Å². The van der Waals surface area contributed by atoms with Crippen molar-refractivity contribution in [3.8, 4) is 0 Å². The smallest absolute Gasteiger partial charge is 0.0446 e. The van der Waals surface area contributed by atoms with Gasteiger partial charge >= 0.3 is 0 Å². The molecule has 21 heavy (non-hydrogen) atoms. The third kappa shape index (κ3) is 3.56. The summed E-state index contributed by atoms with van der Waals surface area (Å²) in [5.41, 5.74) is 4.17. The fraction of sp³-hybridized carbons (Fsp3) is 0.474. The molecule has 1 saturated carbocycles. The molecule has 0 saturated heterocycles. The van der Waals surface area contributed by atoms with Crippen molar-refractivity contribution in [2.45, 2.75) is 52.1 Å². The van der Waals surface area contributed by atoms with Crippen molar-refractivity contribution in [3.05, 3.63) is 57.3 Å². The zero-order valence-electron chi connectivity index (χ0n) is 13.1. The summed E-state index contributed by atoms with van der Waals surface area (Å²) in [4.78, 5) is 1.51. The first-order valence-corrected chi connectivity index (χ1v) is 8.95. The lowest BCUT2D eigenvalue weighted by molar-refractivity contribution is 0.371. The lowest BCUT2D eigenvalue weighted by Gasteiger charge is -2.24. The van der Waals surface area contributed by atoms with Crippen molar-refractivity contribution < 1.29 is 0 Å². The zero-order chi connectivity index (χ0) is 14.7. The van der Waals surface area contributed by atoms with Gasteiger partial charge in [-0.2, -0.15) is 0 Å². The quantitative estimate of drug-likeness (QED) is 0.781. The second-order valence-electron chi connectivity index (χ2n) is 6.34. The highest BCUT2D eigenvalue weighted by atomic mass is 32.1. The summed E-state index contributed by atoms with van der Waals surface area (Å²) in [6.07, 6.45) is 5.56. The van der Waals surface area contributed by atoms with E-state index in [2.05, 4.69) is 54.9 Å². The molecule has 0 spiro atoms. The summed E-state index contributed by atoms with van der Waals surface area (Å²) in [6, 6.07) is 11.8. The van der Waals surface area contributed by atoms with Gasteiger partial charge in [0.15, 0.2) is 0 Å². The minimum absolute atomic E-state index is 0.536. The molecule has 1 aliphatic rings. The first-order valence-electron chi connectivity index (χ1n) is 8.07. The van der Waals surface area contributed by atoms with Crippen LogP contribution in [-0.4, -0.2) is 0 Å². The van der Waals surface area contributed by atoms with Gasteiger partial charge in [0.1, 0.15) is 0 Å². The molecule has 2 heteroatoms. The Kier molecular flexibility index (Phi) is 4.77. The minimum atomic E-state index is 0.536.